The van der Waals surface area contributed by atoms with E-state index < -0.39 is 0 Å². The van der Waals surface area contributed by atoms with Crippen LogP contribution in [0.1, 0.15) is 24.8 Å². The lowest BCUT2D eigenvalue weighted by molar-refractivity contribution is -0.126. The molecule has 1 aromatic carbocycles. The molecule has 0 spiro atoms. The van der Waals surface area contributed by atoms with Gasteiger partial charge in [-0.25, -0.2) is 4.79 Å². The molecule has 2 fully saturated rings. The van der Waals surface area contributed by atoms with Gasteiger partial charge in [-0.05, 0) is 30.5 Å². The molecule has 0 aliphatic carbocycles. The molecule has 2 heterocycles. The number of benzene rings is 1. The molecular formula is C20H30N4O3. The van der Waals surface area contributed by atoms with Crippen LogP contribution in [-0.4, -0.2) is 78.1 Å². The summed E-state index contributed by atoms with van der Waals surface area (Å²) in [4.78, 5) is 29.9. The van der Waals surface area contributed by atoms with Gasteiger partial charge in [0.2, 0.25) is 5.91 Å². The van der Waals surface area contributed by atoms with E-state index in [0.717, 1.165) is 44.6 Å². The number of carbonyl (C=O) groups excluding carboxylic acids is 2. The lowest BCUT2D eigenvalue weighted by atomic mass is 10.0. The van der Waals surface area contributed by atoms with Crippen molar-refractivity contribution in [2.45, 2.75) is 31.8 Å². The fourth-order valence-corrected chi connectivity index (χ4v) is 3.98. The van der Waals surface area contributed by atoms with E-state index in [4.69, 9.17) is 0 Å². The standard InChI is InChI=1S/C20H30N4O3/c1-22-12-16(11-19(22)26)13-23(2)20(27)21-17-6-8-24(9-7-17)14-15-4-3-5-18(25)10-15/h3-5,10,16-17,25H,6-9,11-14H2,1-2H3,(H,21,27)/t16-/m1/s1. The molecule has 3 rings (SSSR count). The Hall–Kier alpha value is -2.28. The summed E-state index contributed by atoms with van der Waals surface area (Å²) in [6, 6.07) is 7.50. The number of amides is 3. The average Bonchev–Trinajstić information content (AvgIpc) is 2.94. The summed E-state index contributed by atoms with van der Waals surface area (Å²) in [6.07, 6.45) is 2.37. The van der Waals surface area contributed by atoms with Crippen LogP contribution in [0.2, 0.25) is 0 Å². The van der Waals surface area contributed by atoms with Gasteiger partial charge in [-0.3, -0.25) is 9.69 Å². The maximum atomic E-state index is 12.4. The van der Waals surface area contributed by atoms with Gasteiger partial charge >= 0.3 is 6.03 Å². The minimum atomic E-state index is -0.0524. The van der Waals surface area contributed by atoms with Gasteiger partial charge in [0.15, 0.2) is 0 Å². The van der Waals surface area contributed by atoms with Crippen molar-refractivity contribution in [3.8, 4) is 5.75 Å². The molecule has 0 aromatic heterocycles. The summed E-state index contributed by atoms with van der Waals surface area (Å²) >= 11 is 0. The van der Waals surface area contributed by atoms with E-state index in [1.165, 1.54) is 0 Å². The van der Waals surface area contributed by atoms with Crippen molar-refractivity contribution in [3.63, 3.8) is 0 Å². The third-order valence-electron chi connectivity index (χ3n) is 5.53. The quantitative estimate of drug-likeness (QED) is 0.819. The van der Waals surface area contributed by atoms with E-state index in [9.17, 15) is 14.7 Å². The predicted octanol–water partition coefficient (Wildman–Crippen LogP) is 1.48. The Bertz CT molecular complexity index is 673. The third kappa shape index (κ3) is 5.35. The molecule has 7 nitrogen and oxygen atoms in total. The number of carbonyl (C=O) groups is 2. The van der Waals surface area contributed by atoms with Crippen molar-refractivity contribution < 1.29 is 14.7 Å². The molecule has 1 aromatic rings. The highest BCUT2D eigenvalue weighted by Gasteiger charge is 2.29. The van der Waals surface area contributed by atoms with E-state index >= 15 is 0 Å². The summed E-state index contributed by atoms with van der Waals surface area (Å²) in [6.45, 7) is 4.00. The number of rotatable bonds is 5. The number of piperidine rings is 1. The Labute approximate surface area is 160 Å². The number of likely N-dealkylation sites (tertiary alicyclic amines) is 2. The van der Waals surface area contributed by atoms with Gasteiger partial charge in [0.05, 0.1) is 0 Å². The summed E-state index contributed by atoms with van der Waals surface area (Å²) in [7, 11) is 3.61. The van der Waals surface area contributed by atoms with Crippen LogP contribution < -0.4 is 5.32 Å². The van der Waals surface area contributed by atoms with Crippen molar-refractivity contribution in [3.05, 3.63) is 29.8 Å². The lowest BCUT2D eigenvalue weighted by Crippen LogP contribution is -2.49. The second-order valence-corrected chi connectivity index (χ2v) is 7.89. The smallest absolute Gasteiger partial charge is 0.317 e. The molecule has 27 heavy (non-hydrogen) atoms. The van der Waals surface area contributed by atoms with Gasteiger partial charge < -0.3 is 20.2 Å². The SMILES string of the molecule is CN1C[C@H](CN(C)C(=O)NC2CCN(Cc3cccc(O)c3)CC2)CC1=O. The van der Waals surface area contributed by atoms with E-state index in [2.05, 4.69) is 10.2 Å². The zero-order valence-corrected chi connectivity index (χ0v) is 16.2. The average molecular weight is 374 g/mol. The highest BCUT2D eigenvalue weighted by molar-refractivity contribution is 5.78. The second kappa shape index (κ2) is 8.61. The molecule has 2 N–H and O–H groups in total. The number of nitrogens with zero attached hydrogens (tertiary/aromatic N) is 3. The zero-order valence-electron chi connectivity index (χ0n) is 16.2. The molecule has 2 aliphatic heterocycles. The Kier molecular flexibility index (Phi) is 6.21. The molecule has 7 heteroatoms. The van der Waals surface area contributed by atoms with E-state index in [-0.39, 0.29) is 23.9 Å². The van der Waals surface area contributed by atoms with Crippen molar-refractivity contribution in [1.82, 2.24) is 20.0 Å². The largest absolute Gasteiger partial charge is 0.508 e. The summed E-state index contributed by atoms with van der Waals surface area (Å²) in [5.41, 5.74) is 1.10. The Morgan fingerprint density at radius 2 is 2.07 bits per heavy atom. The molecule has 2 aliphatic rings. The van der Waals surface area contributed by atoms with Crippen LogP contribution in [0.5, 0.6) is 5.75 Å². The van der Waals surface area contributed by atoms with Crippen LogP contribution in [0.3, 0.4) is 0 Å². The second-order valence-electron chi connectivity index (χ2n) is 7.89. The summed E-state index contributed by atoms with van der Waals surface area (Å²) in [5.74, 6) is 0.683. The van der Waals surface area contributed by atoms with Gasteiger partial charge in [0.1, 0.15) is 5.75 Å². The molecule has 0 radical (unpaired) electrons. The first-order chi connectivity index (χ1) is 12.9. The maximum absolute atomic E-state index is 12.4. The van der Waals surface area contributed by atoms with Gasteiger partial charge in [-0.1, -0.05) is 12.1 Å². The Morgan fingerprint density at radius 1 is 1.33 bits per heavy atom. The number of urea groups is 1. The number of aromatic hydroxyl groups is 1. The van der Waals surface area contributed by atoms with Gasteiger partial charge in [0, 0.05) is 65.2 Å². The van der Waals surface area contributed by atoms with Crippen molar-refractivity contribution in [2.24, 2.45) is 5.92 Å². The first-order valence-electron chi connectivity index (χ1n) is 9.66. The Morgan fingerprint density at radius 3 is 2.70 bits per heavy atom. The number of hydrogen-bond donors (Lipinski definition) is 2. The summed E-state index contributed by atoms with van der Waals surface area (Å²) < 4.78 is 0. The molecule has 0 bridgehead atoms. The first kappa shape index (κ1) is 19.5. The van der Waals surface area contributed by atoms with Gasteiger partial charge in [-0.2, -0.15) is 0 Å². The Balaban J connectivity index is 1.39. The zero-order chi connectivity index (χ0) is 19.4. The van der Waals surface area contributed by atoms with Crippen LogP contribution in [0.25, 0.3) is 0 Å². The molecule has 148 valence electrons. The highest BCUT2D eigenvalue weighted by Crippen LogP contribution is 2.18. The van der Waals surface area contributed by atoms with Crippen molar-refractivity contribution in [1.29, 1.82) is 0 Å². The maximum Gasteiger partial charge on any atom is 0.317 e. The van der Waals surface area contributed by atoms with Gasteiger partial charge in [0.25, 0.3) is 0 Å². The van der Waals surface area contributed by atoms with Crippen LogP contribution >= 0.6 is 0 Å². The summed E-state index contributed by atoms with van der Waals surface area (Å²) in [5, 5.41) is 12.7. The fourth-order valence-electron chi connectivity index (χ4n) is 3.98. The number of phenolic OH excluding ortho intramolecular Hbond substituents is 1. The third-order valence-corrected chi connectivity index (χ3v) is 5.53. The topological polar surface area (TPSA) is 76.1 Å². The van der Waals surface area contributed by atoms with E-state index in [1.54, 1.807) is 29.0 Å². The number of nitrogens with one attached hydrogen (secondary N) is 1. The minimum absolute atomic E-state index is 0.0524. The van der Waals surface area contributed by atoms with Crippen LogP contribution in [0.4, 0.5) is 4.79 Å². The predicted molar refractivity (Wildman–Crippen MR) is 103 cm³/mol. The molecule has 1 atom stereocenters. The van der Waals surface area contributed by atoms with Crippen molar-refractivity contribution in [2.75, 3.05) is 40.3 Å². The lowest BCUT2D eigenvalue weighted by Gasteiger charge is -2.33. The van der Waals surface area contributed by atoms with E-state index in [0.29, 0.717) is 18.7 Å². The van der Waals surface area contributed by atoms with Crippen LogP contribution in [-0.2, 0) is 11.3 Å². The molecule has 0 saturated carbocycles. The first-order valence-corrected chi connectivity index (χ1v) is 9.66. The molecular weight excluding hydrogens is 344 g/mol. The fraction of sp³-hybridized carbons (Fsp3) is 0.600. The molecule has 0 unspecified atom stereocenters. The number of phenols is 1. The minimum Gasteiger partial charge on any atom is -0.508 e. The molecule has 3 amide bonds. The van der Waals surface area contributed by atoms with Crippen LogP contribution in [0.15, 0.2) is 24.3 Å². The molecule has 2 saturated heterocycles. The normalized spacial score (nSPS) is 21.5. The monoisotopic (exact) mass is 374 g/mol. The van der Waals surface area contributed by atoms with Gasteiger partial charge in [-0.15, -0.1) is 0 Å². The van der Waals surface area contributed by atoms with E-state index in [1.807, 2.05) is 19.2 Å². The number of hydrogen-bond acceptors (Lipinski definition) is 4. The van der Waals surface area contributed by atoms with Crippen molar-refractivity contribution >= 4 is 11.9 Å². The van der Waals surface area contributed by atoms with Crippen LogP contribution in [0, 0.1) is 5.92 Å². The highest BCUT2D eigenvalue weighted by atomic mass is 16.3.